The third-order valence-corrected chi connectivity index (χ3v) is 14.1. The Morgan fingerprint density at radius 3 is 2.07 bits per heavy atom. The highest BCUT2D eigenvalue weighted by Crippen LogP contribution is 2.45. The second-order valence-electron chi connectivity index (χ2n) is 14.5. The molecule has 0 atom stereocenters. The molecule has 60 heavy (non-hydrogen) atoms. The molecule has 0 bridgehead atoms. The number of hydrogen-bond acceptors (Lipinski definition) is 9. The lowest BCUT2D eigenvalue weighted by molar-refractivity contribution is 0.102. The number of amides is 2. The van der Waals surface area contributed by atoms with Crippen molar-refractivity contribution in [2.45, 2.75) is 17.7 Å². The van der Waals surface area contributed by atoms with Gasteiger partial charge in [-0.2, -0.15) is 8.42 Å². The lowest BCUT2D eigenvalue weighted by Crippen LogP contribution is -2.17. The molecule has 1 aliphatic rings. The summed E-state index contributed by atoms with van der Waals surface area (Å²) >= 11 is 2.73. The third kappa shape index (κ3) is 6.96. The molecule has 0 radical (unpaired) electrons. The average Bonchev–Trinajstić information content (AvgIpc) is 3.96. The van der Waals surface area contributed by atoms with Gasteiger partial charge in [-0.05, 0) is 118 Å². The van der Waals surface area contributed by atoms with E-state index in [1.807, 2.05) is 91.0 Å². The Bertz CT molecular complexity index is 3280. The molecule has 0 saturated heterocycles. The molecule has 3 N–H and O–H groups in total. The van der Waals surface area contributed by atoms with Crippen LogP contribution in [-0.2, 0) is 14.9 Å². The summed E-state index contributed by atoms with van der Waals surface area (Å²) in [5, 5.41) is 8.97. The summed E-state index contributed by atoms with van der Waals surface area (Å²) in [6, 6.07) is 44.0. The fourth-order valence-corrected chi connectivity index (χ4v) is 11.1. The van der Waals surface area contributed by atoms with Gasteiger partial charge in [0.05, 0.1) is 20.4 Å². The van der Waals surface area contributed by atoms with E-state index in [1.54, 1.807) is 31.2 Å². The number of nitrogens with one attached hydrogen (secondary N) is 2. The average molecular weight is 845 g/mol. The summed E-state index contributed by atoms with van der Waals surface area (Å²) in [6.07, 6.45) is -0.535. The van der Waals surface area contributed by atoms with Crippen molar-refractivity contribution in [1.82, 2.24) is 9.97 Å². The van der Waals surface area contributed by atoms with Crippen LogP contribution in [0.15, 0.2) is 144 Å². The van der Waals surface area contributed by atoms with Crippen molar-refractivity contribution in [3.63, 3.8) is 0 Å². The Morgan fingerprint density at radius 2 is 1.32 bits per heavy atom. The number of fused-ring (bicyclic) bond motifs is 6. The van der Waals surface area contributed by atoms with Crippen LogP contribution in [0.1, 0.15) is 33.0 Å². The van der Waals surface area contributed by atoms with Gasteiger partial charge >= 0.3 is 6.09 Å². The second-order valence-corrected chi connectivity index (χ2v) is 17.9. The van der Waals surface area contributed by atoms with E-state index in [-0.39, 0.29) is 23.3 Å². The molecule has 294 valence electrons. The summed E-state index contributed by atoms with van der Waals surface area (Å²) in [7, 11) is -4.42. The molecule has 10 rings (SSSR count). The minimum absolute atomic E-state index is 0.0322. The highest BCUT2D eigenvalue weighted by Gasteiger charge is 2.29. The second kappa shape index (κ2) is 14.8. The normalized spacial score (nSPS) is 12.4. The minimum atomic E-state index is -4.42. The Balaban J connectivity index is 0.786. The molecule has 2 aromatic heterocycles. The van der Waals surface area contributed by atoms with Crippen LogP contribution in [0.25, 0.3) is 63.5 Å². The van der Waals surface area contributed by atoms with Crippen molar-refractivity contribution in [3.05, 3.63) is 162 Å². The number of carbonyl (C=O) groups excluding carboxylic acids is 2. The first-order chi connectivity index (χ1) is 29.1. The predicted molar refractivity (Wildman–Crippen MR) is 239 cm³/mol. The zero-order chi connectivity index (χ0) is 41.1. The smallest absolute Gasteiger partial charge is 0.411 e. The van der Waals surface area contributed by atoms with Crippen LogP contribution in [0.4, 0.5) is 16.2 Å². The fourth-order valence-electron chi connectivity index (χ4n) is 7.81. The van der Waals surface area contributed by atoms with Crippen LogP contribution < -0.4 is 10.6 Å². The molecule has 2 heterocycles. The van der Waals surface area contributed by atoms with Crippen LogP contribution >= 0.6 is 22.7 Å². The van der Waals surface area contributed by atoms with Crippen molar-refractivity contribution in [2.24, 2.45) is 0 Å². The van der Waals surface area contributed by atoms with Gasteiger partial charge in [-0.1, -0.05) is 66.7 Å². The Labute approximate surface area is 351 Å². The number of anilines is 2. The van der Waals surface area contributed by atoms with Gasteiger partial charge in [0.2, 0.25) is 0 Å². The molecular weight excluding hydrogens is 813 g/mol. The van der Waals surface area contributed by atoms with Crippen molar-refractivity contribution >= 4 is 87.4 Å². The molecule has 2 amide bonds. The molecule has 7 aromatic carbocycles. The van der Waals surface area contributed by atoms with Gasteiger partial charge in [-0.25, -0.2) is 14.8 Å². The largest absolute Gasteiger partial charge is 0.448 e. The molecule has 13 heteroatoms. The number of nitrogens with zero attached hydrogens (tertiary/aromatic N) is 2. The summed E-state index contributed by atoms with van der Waals surface area (Å²) < 4.78 is 41.2. The molecule has 0 aliphatic heterocycles. The van der Waals surface area contributed by atoms with E-state index < -0.39 is 16.2 Å². The van der Waals surface area contributed by atoms with E-state index >= 15 is 0 Å². The molecule has 0 fully saturated rings. The number of carbonyl (C=O) groups is 2. The van der Waals surface area contributed by atoms with Crippen molar-refractivity contribution in [2.75, 3.05) is 17.2 Å². The minimum Gasteiger partial charge on any atom is -0.448 e. The fraction of sp³-hybridized carbons (Fsp3) is 0.0638. The van der Waals surface area contributed by atoms with Crippen molar-refractivity contribution in [1.29, 1.82) is 0 Å². The monoisotopic (exact) mass is 844 g/mol. The third-order valence-electron chi connectivity index (χ3n) is 10.7. The van der Waals surface area contributed by atoms with Gasteiger partial charge in [0, 0.05) is 34.0 Å². The van der Waals surface area contributed by atoms with E-state index in [0.717, 1.165) is 48.3 Å². The van der Waals surface area contributed by atoms with E-state index in [1.165, 1.54) is 33.8 Å². The van der Waals surface area contributed by atoms with E-state index in [0.29, 0.717) is 37.7 Å². The number of ether oxygens (including phenoxy) is 1. The van der Waals surface area contributed by atoms with Gasteiger partial charge in [0.15, 0.2) is 0 Å². The van der Waals surface area contributed by atoms with Gasteiger partial charge in [0.1, 0.15) is 21.5 Å². The Morgan fingerprint density at radius 1 is 0.683 bits per heavy atom. The van der Waals surface area contributed by atoms with Crippen LogP contribution in [0.2, 0.25) is 0 Å². The first-order valence-corrected chi connectivity index (χ1v) is 22.0. The van der Waals surface area contributed by atoms with E-state index in [2.05, 4.69) is 39.9 Å². The first-order valence-electron chi connectivity index (χ1n) is 18.9. The molecule has 9 aromatic rings. The maximum Gasteiger partial charge on any atom is 0.411 e. The molecule has 10 nitrogen and oxygen atoms in total. The Hall–Kier alpha value is -6.77. The number of benzene rings is 7. The number of rotatable bonds is 8. The summed E-state index contributed by atoms with van der Waals surface area (Å²) in [4.78, 5) is 35.6. The standard InChI is InChI=1S/C47H32N4O6S3/c1-26-10-20-40-42(43(26)60(54,55)56)59-46(51-40)31-16-21-39-41(24-31)58-45(50-39)27-13-17-32(18-14-27)48-44(52)30-12-11-29-23-33(19-15-28(29)22-30)49-47(53)57-25-38-36-8-4-2-6-34(36)35-7-3-5-9-37(35)38/h2-24,38H,25H2,1H3,(H,48,52)(H,49,53)(H,54,55,56). The predicted octanol–water partition coefficient (Wildman–Crippen LogP) is 11.6. The van der Waals surface area contributed by atoms with Crippen LogP contribution in [0, 0.1) is 6.92 Å². The van der Waals surface area contributed by atoms with Gasteiger partial charge in [-0.15, -0.1) is 22.7 Å². The van der Waals surface area contributed by atoms with Gasteiger partial charge in [-0.3, -0.25) is 14.7 Å². The van der Waals surface area contributed by atoms with E-state index in [9.17, 15) is 22.6 Å². The molecule has 0 saturated carbocycles. The number of aromatic nitrogens is 2. The van der Waals surface area contributed by atoms with Crippen LogP contribution in [0.5, 0.6) is 0 Å². The highest BCUT2D eigenvalue weighted by molar-refractivity contribution is 7.86. The molecule has 0 spiro atoms. The van der Waals surface area contributed by atoms with Gasteiger partial charge in [0.25, 0.3) is 16.0 Å². The maximum atomic E-state index is 13.3. The topological polar surface area (TPSA) is 148 Å². The van der Waals surface area contributed by atoms with Crippen molar-refractivity contribution < 1.29 is 27.3 Å². The summed E-state index contributed by atoms with van der Waals surface area (Å²) in [5.41, 5.74) is 9.82. The zero-order valence-electron chi connectivity index (χ0n) is 31.7. The highest BCUT2D eigenvalue weighted by atomic mass is 32.2. The van der Waals surface area contributed by atoms with Gasteiger partial charge < -0.3 is 10.1 Å². The number of aryl methyl sites for hydroxylation is 1. The van der Waals surface area contributed by atoms with Crippen LogP contribution in [-0.4, -0.2) is 41.5 Å². The molecule has 0 unspecified atom stereocenters. The Kier molecular flexibility index (Phi) is 9.25. The molecular formula is C47H32N4O6S3. The number of hydrogen-bond donors (Lipinski definition) is 3. The first kappa shape index (κ1) is 37.5. The van der Waals surface area contributed by atoms with Crippen molar-refractivity contribution in [3.8, 4) is 32.3 Å². The van der Waals surface area contributed by atoms with Crippen LogP contribution in [0.3, 0.4) is 0 Å². The lowest BCUT2D eigenvalue weighted by atomic mass is 9.98. The maximum absolute atomic E-state index is 13.3. The summed E-state index contributed by atoms with van der Waals surface area (Å²) in [5.74, 6) is -0.290. The quantitative estimate of drug-likeness (QED) is 0.128. The lowest BCUT2D eigenvalue weighted by Gasteiger charge is -2.15. The molecule has 1 aliphatic carbocycles. The number of thiazole rings is 2. The SMILES string of the molecule is Cc1ccc2nc(-c3ccc4nc(-c5ccc(NC(=O)c6ccc7cc(NC(=O)OCC8c9ccccc9-c9ccccc98)ccc7c6)cc5)sc4c3)sc2c1S(=O)(=O)O. The summed E-state index contributed by atoms with van der Waals surface area (Å²) in [6.45, 7) is 1.86. The van der Waals surface area contributed by atoms with E-state index in [4.69, 9.17) is 9.72 Å². The zero-order valence-corrected chi connectivity index (χ0v) is 34.1.